The minimum absolute atomic E-state index is 0.0924. The second-order valence-electron chi connectivity index (χ2n) is 18.0. The number of hydrogen-bond acceptors (Lipinski definition) is 13. The SMILES string of the molecule is CNC(=O)COc1cc2cc(Nc3nc(N4CCC(OC5CC(N6CCC(c7ccc8c(c7OC)CN(C7CCC(=O)NC7=O)C8=O)CC6)C5)CC4)ncc3Cl)ccc2n(C(C)C)c1=O. The summed E-state index contributed by atoms with van der Waals surface area (Å²) < 4.78 is 19.9. The van der Waals surface area contributed by atoms with Gasteiger partial charge < -0.3 is 44.1 Å². The van der Waals surface area contributed by atoms with Gasteiger partial charge in [-0.15, -0.1) is 0 Å². The van der Waals surface area contributed by atoms with Crippen LogP contribution in [0.15, 0.2) is 47.4 Å². The van der Waals surface area contributed by atoms with E-state index in [0.717, 1.165) is 92.5 Å². The standard InChI is InChI=1S/C47H56ClN9O8/c1-26(2)57-37-8-5-29(19-28(37)20-39(46(57)62)64-25-41(59)49-3)51-43-36(48)23-50-47(53-43)55-17-13-31(14-18-55)65-32-21-30(22-32)54-15-11-27(12-16-54)33-6-7-34-35(42(33)63-4)24-56(45(34)61)38-9-10-40(58)52-44(38)60/h5-8,19-20,23,26-27,30-32,38H,9-18,21-22,24-25H2,1-4H3,(H,49,59)(H,50,51,53)(H,52,58,60). The number of benzene rings is 2. The summed E-state index contributed by atoms with van der Waals surface area (Å²) in [5.74, 6) is 0.963. The molecule has 6 heterocycles. The molecule has 3 saturated heterocycles. The van der Waals surface area contributed by atoms with Gasteiger partial charge in [0.25, 0.3) is 17.4 Å². The molecular weight excluding hydrogens is 854 g/mol. The molecule has 3 N–H and O–H groups in total. The Kier molecular flexibility index (Phi) is 12.7. The van der Waals surface area contributed by atoms with Crippen molar-refractivity contribution in [3.8, 4) is 11.5 Å². The highest BCUT2D eigenvalue weighted by atomic mass is 35.5. The first kappa shape index (κ1) is 44.4. The molecule has 0 bridgehead atoms. The van der Waals surface area contributed by atoms with Crippen LogP contribution in [0.4, 0.5) is 17.5 Å². The number of hydrogen-bond donors (Lipinski definition) is 3. The van der Waals surface area contributed by atoms with Crippen LogP contribution in [0.25, 0.3) is 10.9 Å². The number of halogens is 1. The van der Waals surface area contributed by atoms with E-state index in [1.54, 1.807) is 28.8 Å². The van der Waals surface area contributed by atoms with Crippen LogP contribution in [-0.4, -0.2) is 119 Å². The number of carbonyl (C=O) groups is 4. The van der Waals surface area contributed by atoms with E-state index in [-0.39, 0.29) is 60.3 Å². The van der Waals surface area contributed by atoms with Gasteiger partial charge in [-0.25, -0.2) is 4.98 Å². The zero-order chi connectivity index (χ0) is 45.5. The van der Waals surface area contributed by atoms with Crippen LogP contribution in [0.1, 0.15) is 98.7 Å². The number of rotatable bonds is 13. The number of piperidine rings is 3. The van der Waals surface area contributed by atoms with Gasteiger partial charge in [0.15, 0.2) is 18.2 Å². The molecular formula is C47H56ClN9O8. The first-order chi connectivity index (χ1) is 31.4. The van der Waals surface area contributed by atoms with Gasteiger partial charge >= 0.3 is 0 Å². The maximum absolute atomic E-state index is 13.4. The minimum atomic E-state index is -0.658. The summed E-state index contributed by atoms with van der Waals surface area (Å²) in [6.07, 6.45) is 8.34. The number of ether oxygens (including phenoxy) is 3. The number of nitrogens with one attached hydrogen (secondary N) is 3. The van der Waals surface area contributed by atoms with Gasteiger partial charge in [-0.2, -0.15) is 4.98 Å². The average molecular weight is 910 g/mol. The summed E-state index contributed by atoms with van der Waals surface area (Å²) >= 11 is 6.61. The fourth-order valence-corrected chi connectivity index (χ4v) is 10.3. The third-order valence-electron chi connectivity index (χ3n) is 13.7. The fourth-order valence-electron chi connectivity index (χ4n) is 10.1. The summed E-state index contributed by atoms with van der Waals surface area (Å²) in [6, 6.07) is 10.9. The molecule has 9 rings (SSSR count). The number of carbonyl (C=O) groups excluding carboxylic acids is 4. The van der Waals surface area contributed by atoms with Crippen molar-refractivity contribution in [2.24, 2.45) is 0 Å². The van der Waals surface area contributed by atoms with Crippen LogP contribution >= 0.6 is 11.6 Å². The molecule has 1 atom stereocenters. The Bertz CT molecular complexity index is 2560. The molecule has 2 aromatic carbocycles. The fraction of sp³-hybridized carbons (Fsp3) is 0.511. The quantitative estimate of drug-likeness (QED) is 0.151. The van der Waals surface area contributed by atoms with E-state index in [1.165, 1.54) is 7.05 Å². The van der Waals surface area contributed by atoms with Crippen molar-refractivity contribution in [2.45, 2.75) is 108 Å². The number of nitrogens with zero attached hydrogens (tertiary/aromatic N) is 6. The van der Waals surface area contributed by atoms with Crippen molar-refractivity contribution < 1.29 is 33.4 Å². The molecule has 0 spiro atoms. The third kappa shape index (κ3) is 8.97. The average Bonchev–Trinajstić information content (AvgIpc) is 3.62. The number of anilines is 3. The van der Waals surface area contributed by atoms with Crippen molar-refractivity contribution >= 4 is 63.6 Å². The second-order valence-corrected chi connectivity index (χ2v) is 18.4. The zero-order valence-corrected chi connectivity index (χ0v) is 38.0. The lowest BCUT2D eigenvalue weighted by molar-refractivity contribution is -0.137. The molecule has 0 radical (unpaired) electrons. The van der Waals surface area contributed by atoms with Crippen molar-refractivity contribution in [1.82, 2.24) is 35.0 Å². The van der Waals surface area contributed by atoms with Gasteiger partial charge in [0.2, 0.25) is 17.8 Å². The van der Waals surface area contributed by atoms with Crippen LogP contribution in [0.5, 0.6) is 11.5 Å². The number of likely N-dealkylation sites (N-methyl/N-ethyl adjacent to an activating group) is 1. The molecule has 5 aliphatic rings. The highest BCUT2D eigenvalue weighted by molar-refractivity contribution is 6.33. The van der Waals surface area contributed by atoms with Crippen molar-refractivity contribution in [1.29, 1.82) is 0 Å². The summed E-state index contributed by atoms with van der Waals surface area (Å²) in [7, 11) is 3.17. The molecule has 4 fully saturated rings. The molecule has 2 aromatic heterocycles. The molecule has 4 aliphatic heterocycles. The summed E-state index contributed by atoms with van der Waals surface area (Å²) in [5, 5.41) is 9.35. The predicted molar refractivity (Wildman–Crippen MR) is 244 cm³/mol. The zero-order valence-electron chi connectivity index (χ0n) is 37.2. The highest BCUT2D eigenvalue weighted by Gasteiger charge is 2.42. The topological polar surface area (TPSA) is 190 Å². The van der Waals surface area contributed by atoms with Crippen LogP contribution in [0.2, 0.25) is 5.02 Å². The maximum Gasteiger partial charge on any atom is 0.293 e. The van der Waals surface area contributed by atoms with E-state index >= 15 is 0 Å². The first-order valence-electron chi connectivity index (χ1n) is 22.7. The molecule has 1 aliphatic carbocycles. The van der Waals surface area contributed by atoms with E-state index in [2.05, 4.69) is 30.7 Å². The Morgan fingerprint density at radius 3 is 2.45 bits per heavy atom. The number of likely N-dealkylation sites (tertiary alicyclic amines) is 1. The summed E-state index contributed by atoms with van der Waals surface area (Å²) in [5.41, 5.74) is 3.66. The molecule has 1 saturated carbocycles. The molecule has 4 amide bonds. The van der Waals surface area contributed by atoms with Gasteiger partial charge in [-0.05, 0) is 114 Å². The van der Waals surface area contributed by atoms with E-state index in [4.69, 9.17) is 30.8 Å². The Morgan fingerprint density at radius 2 is 1.74 bits per heavy atom. The van der Waals surface area contributed by atoms with Crippen LogP contribution in [0, 0.1) is 0 Å². The lowest BCUT2D eigenvalue weighted by atomic mass is 9.82. The molecule has 4 aromatic rings. The van der Waals surface area contributed by atoms with E-state index in [9.17, 15) is 24.0 Å². The lowest BCUT2D eigenvalue weighted by Crippen LogP contribution is -2.52. The number of amides is 4. The highest BCUT2D eigenvalue weighted by Crippen LogP contribution is 2.43. The van der Waals surface area contributed by atoms with E-state index in [0.29, 0.717) is 53.0 Å². The number of pyridine rings is 1. The van der Waals surface area contributed by atoms with Crippen molar-refractivity contribution in [3.63, 3.8) is 0 Å². The Labute approximate surface area is 382 Å². The van der Waals surface area contributed by atoms with Gasteiger partial charge in [0.1, 0.15) is 16.8 Å². The van der Waals surface area contributed by atoms with Gasteiger partial charge in [-0.3, -0.25) is 29.3 Å². The maximum atomic E-state index is 13.4. The molecule has 17 nitrogen and oxygen atoms in total. The molecule has 1 unspecified atom stereocenters. The van der Waals surface area contributed by atoms with E-state index in [1.807, 2.05) is 44.2 Å². The summed E-state index contributed by atoms with van der Waals surface area (Å²) in [4.78, 5) is 78.5. The van der Waals surface area contributed by atoms with Gasteiger partial charge in [-0.1, -0.05) is 17.7 Å². The molecule has 65 heavy (non-hydrogen) atoms. The number of methoxy groups -OCH3 is 1. The molecule has 18 heteroatoms. The normalized spacial score (nSPS) is 21.9. The number of aromatic nitrogens is 3. The number of fused-ring (bicyclic) bond motifs is 2. The van der Waals surface area contributed by atoms with Crippen LogP contribution in [0.3, 0.4) is 0 Å². The van der Waals surface area contributed by atoms with E-state index < -0.39 is 11.9 Å². The predicted octanol–water partition coefficient (Wildman–Crippen LogP) is 5.06. The van der Waals surface area contributed by atoms with Crippen molar-refractivity contribution in [3.05, 3.63) is 74.7 Å². The Hall–Kier alpha value is -5.78. The number of imide groups is 1. The Balaban J connectivity index is 0.752. The van der Waals surface area contributed by atoms with Crippen molar-refractivity contribution in [2.75, 3.05) is 57.2 Å². The second kappa shape index (κ2) is 18.6. The monoisotopic (exact) mass is 909 g/mol. The smallest absolute Gasteiger partial charge is 0.293 e. The van der Waals surface area contributed by atoms with Crippen LogP contribution < -0.4 is 35.9 Å². The largest absolute Gasteiger partial charge is 0.496 e. The van der Waals surface area contributed by atoms with Gasteiger partial charge in [0.05, 0.1) is 37.6 Å². The lowest BCUT2D eigenvalue weighted by Gasteiger charge is -2.47. The van der Waals surface area contributed by atoms with Crippen LogP contribution in [-0.2, 0) is 25.7 Å². The van der Waals surface area contributed by atoms with Gasteiger partial charge in [0, 0.05) is 60.8 Å². The third-order valence-corrected chi connectivity index (χ3v) is 14.0. The molecule has 344 valence electrons. The Morgan fingerprint density at radius 1 is 0.969 bits per heavy atom. The summed E-state index contributed by atoms with van der Waals surface area (Å²) in [6.45, 7) is 7.36. The first-order valence-corrected chi connectivity index (χ1v) is 23.1. The minimum Gasteiger partial charge on any atom is -0.496 e.